The Hall–Kier alpha value is -3.37. The molecule has 0 radical (unpaired) electrons. The van der Waals surface area contributed by atoms with Gasteiger partial charge in [0.15, 0.2) is 0 Å². The highest BCUT2D eigenvalue weighted by Crippen LogP contribution is 2.36. The van der Waals surface area contributed by atoms with Crippen LogP contribution in [-0.2, 0) is 11.3 Å². The number of carbonyl (C=O) groups excluding carboxylic acids is 1. The predicted molar refractivity (Wildman–Crippen MR) is 170 cm³/mol. The maximum absolute atomic E-state index is 8.81. The number of aldehydes is 1. The van der Waals surface area contributed by atoms with Crippen LogP contribution in [0, 0.1) is 12.3 Å². The summed E-state index contributed by atoms with van der Waals surface area (Å²) in [5.41, 5.74) is 5.17. The maximum Gasteiger partial charge on any atom is 0.127 e. The van der Waals surface area contributed by atoms with Gasteiger partial charge in [0.25, 0.3) is 0 Å². The van der Waals surface area contributed by atoms with Gasteiger partial charge in [-0.15, -0.1) is 6.58 Å². The molecule has 0 aliphatic carbocycles. The molecule has 210 valence electrons. The van der Waals surface area contributed by atoms with E-state index in [1.54, 1.807) is 0 Å². The average Bonchev–Trinajstić information content (AvgIpc) is 2.96. The molecule has 1 fully saturated rings. The van der Waals surface area contributed by atoms with E-state index in [-0.39, 0.29) is 5.41 Å². The van der Waals surface area contributed by atoms with Crippen LogP contribution in [0.25, 0.3) is 16.8 Å². The number of hydrogen-bond donors (Lipinski definition) is 0. The van der Waals surface area contributed by atoms with Crippen LogP contribution in [-0.4, -0.2) is 44.5 Å². The van der Waals surface area contributed by atoms with Crippen LogP contribution in [0.1, 0.15) is 57.2 Å². The highest BCUT2D eigenvalue weighted by Gasteiger charge is 2.33. The number of likely N-dealkylation sites (tertiary alicyclic amines) is 1. The highest BCUT2D eigenvalue weighted by atomic mass is 16.5. The molecule has 3 aromatic rings. The zero-order valence-electron chi connectivity index (χ0n) is 25.0. The van der Waals surface area contributed by atoms with Gasteiger partial charge in [0.1, 0.15) is 12.0 Å². The van der Waals surface area contributed by atoms with E-state index in [2.05, 4.69) is 97.6 Å². The van der Waals surface area contributed by atoms with Crippen LogP contribution in [0.2, 0.25) is 0 Å². The third kappa shape index (κ3) is 8.56. The summed E-state index contributed by atoms with van der Waals surface area (Å²) >= 11 is 0. The van der Waals surface area contributed by atoms with Gasteiger partial charge in [0.05, 0.1) is 6.61 Å². The van der Waals surface area contributed by atoms with Gasteiger partial charge in [-0.3, -0.25) is 4.90 Å². The van der Waals surface area contributed by atoms with E-state index >= 15 is 0 Å². The quantitative estimate of drug-likeness (QED) is 0.206. The molecular weight excluding hydrogens is 480 g/mol. The second kappa shape index (κ2) is 15.9. The maximum atomic E-state index is 8.81. The van der Waals surface area contributed by atoms with Gasteiger partial charge in [-0.25, -0.2) is 0 Å². The van der Waals surface area contributed by atoms with Crippen molar-refractivity contribution < 1.29 is 9.53 Å². The number of ether oxygens (including phenoxy) is 1. The predicted octanol–water partition coefficient (Wildman–Crippen LogP) is 8.33. The summed E-state index contributed by atoms with van der Waals surface area (Å²) in [5, 5.41) is 2.38. The lowest BCUT2D eigenvalue weighted by molar-refractivity contribution is -0.106. The van der Waals surface area contributed by atoms with Crippen LogP contribution >= 0.6 is 0 Å². The van der Waals surface area contributed by atoms with Crippen molar-refractivity contribution in [2.75, 3.05) is 38.2 Å². The molecule has 4 rings (SSSR count). The second-order valence-electron chi connectivity index (χ2n) is 9.94. The van der Waals surface area contributed by atoms with Crippen molar-refractivity contribution in [3.63, 3.8) is 0 Å². The summed E-state index contributed by atoms with van der Waals surface area (Å²) < 4.78 is 6.02. The fraction of sp³-hybridized carbons (Fsp3) is 0.400. The van der Waals surface area contributed by atoms with Crippen molar-refractivity contribution in [2.45, 2.75) is 54.0 Å². The molecule has 0 bridgehead atoms. The lowest BCUT2D eigenvalue weighted by atomic mass is 9.78. The summed E-state index contributed by atoms with van der Waals surface area (Å²) in [6.45, 7) is 22.6. The Morgan fingerprint density at radius 3 is 2.23 bits per heavy atom. The number of hydrogen-bond acceptors (Lipinski definition) is 4. The van der Waals surface area contributed by atoms with Gasteiger partial charge in [0, 0.05) is 36.6 Å². The molecule has 4 nitrogen and oxygen atoms in total. The fourth-order valence-electron chi connectivity index (χ4n) is 5.18. The molecule has 0 atom stereocenters. The van der Waals surface area contributed by atoms with Gasteiger partial charge in [-0.05, 0) is 87.5 Å². The van der Waals surface area contributed by atoms with Crippen LogP contribution in [0.4, 0.5) is 5.69 Å². The Labute approximate surface area is 237 Å². The van der Waals surface area contributed by atoms with E-state index in [9.17, 15) is 0 Å². The molecule has 1 aliphatic rings. The first-order chi connectivity index (χ1) is 18.9. The van der Waals surface area contributed by atoms with E-state index in [1.165, 1.54) is 29.1 Å². The minimum Gasteiger partial charge on any atom is -0.493 e. The zero-order valence-corrected chi connectivity index (χ0v) is 25.0. The Bertz CT molecular complexity index is 1190. The smallest absolute Gasteiger partial charge is 0.127 e. The van der Waals surface area contributed by atoms with E-state index in [0.29, 0.717) is 6.61 Å². The molecule has 3 aromatic carbocycles. The second-order valence-corrected chi connectivity index (χ2v) is 9.94. The number of rotatable bonds is 9. The molecule has 0 saturated carbocycles. The first kappa shape index (κ1) is 31.8. The monoisotopic (exact) mass is 528 g/mol. The number of fused-ring (bicyclic) bond motifs is 1. The summed E-state index contributed by atoms with van der Waals surface area (Å²) in [4.78, 5) is 13.8. The number of benzene rings is 3. The number of nitrogens with zero attached hydrogens (tertiary/aromatic N) is 2. The molecule has 1 saturated heterocycles. The summed E-state index contributed by atoms with van der Waals surface area (Å²) in [6, 6.07) is 19.7. The van der Waals surface area contributed by atoms with E-state index in [4.69, 9.17) is 9.53 Å². The average molecular weight is 529 g/mol. The van der Waals surface area contributed by atoms with Gasteiger partial charge in [0.2, 0.25) is 0 Å². The Kier molecular flexibility index (Phi) is 13.0. The van der Waals surface area contributed by atoms with Crippen LogP contribution in [0.5, 0.6) is 5.75 Å². The van der Waals surface area contributed by atoms with Gasteiger partial charge in [-0.2, -0.15) is 0 Å². The molecule has 0 unspecified atom stereocenters. The zero-order chi connectivity index (χ0) is 28.8. The molecular formula is C35H48N2O2. The third-order valence-electron chi connectivity index (χ3n) is 7.29. The van der Waals surface area contributed by atoms with Crippen molar-refractivity contribution in [3.05, 3.63) is 90.5 Å². The van der Waals surface area contributed by atoms with E-state index in [1.807, 2.05) is 26.8 Å². The molecule has 39 heavy (non-hydrogen) atoms. The lowest BCUT2D eigenvalue weighted by Gasteiger charge is -2.42. The van der Waals surface area contributed by atoms with Crippen molar-refractivity contribution in [1.82, 2.24) is 4.90 Å². The number of piperidine rings is 1. The number of aryl methyl sites for hydroxylation is 1. The topological polar surface area (TPSA) is 32.8 Å². The van der Waals surface area contributed by atoms with Gasteiger partial charge < -0.3 is 14.4 Å². The Morgan fingerprint density at radius 2 is 1.67 bits per heavy atom. The van der Waals surface area contributed by atoms with Crippen LogP contribution in [0.3, 0.4) is 0 Å². The summed E-state index contributed by atoms with van der Waals surface area (Å²) in [6.07, 6.45) is 7.13. The molecule has 0 spiro atoms. The normalized spacial score (nSPS) is 14.2. The highest BCUT2D eigenvalue weighted by molar-refractivity contribution is 5.95. The molecule has 4 heteroatoms. The minimum atomic E-state index is 0.145. The minimum absolute atomic E-state index is 0.145. The van der Waals surface area contributed by atoms with Crippen LogP contribution in [0.15, 0.2) is 73.8 Å². The first-order valence-corrected chi connectivity index (χ1v) is 14.2. The Morgan fingerprint density at radius 1 is 1.03 bits per heavy atom. The lowest BCUT2D eigenvalue weighted by Crippen LogP contribution is -2.44. The summed E-state index contributed by atoms with van der Waals surface area (Å²) in [5.74, 6) is 0.968. The SMILES string of the molecule is C=Cc1cccc2c(OCC)cc(CN3CCC(C=C)(CN(C)c4ccc(C)cc4)CC3)cc12.CC.CC=O. The number of carbonyl (C=O) groups is 1. The molecule has 1 heterocycles. The molecule has 0 N–H and O–H groups in total. The third-order valence-corrected chi connectivity index (χ3v) is 7.29. The largest absolute Gasteiger partial charge is 0.493 e. The van der Waals surface area contributed by atoms with E-state index in [0.717, 1.165) is 62.0 Å². The van der Waals surface area contributed by atoms with Gasteiger partial charge in [-0.1, -0.05) is 68.5 Å². The van der Waals surface area contributed by atoms with Crippen LogP contribution < -0.4 is 9.64 Å². The first-order valence-electron chi connectivity index (χ1n) is 14.2. The van der Waals surface area contributed by atoms with Crippen molar-refractivity contribution in [3.8, 4) is 5.75 Å². The van der Waals surface area contributed by atoms with Crippen molar-refractivity contribution in [2.24, 2.45) is 5.41 Å². The van der Waals surface area contributed by atoms with Crippen molar-refractivity contribution in [1.29, 1.82) is 0 Å². The number of anilines is 1. The molecule has 0 aromatic heterocycles. The fourth-order valence-corrected chi connectivity index (χ4v) is 5.18. The molecule has 0 amide bonds. The van der Waals surface area contributed by atoms with E-state index < -0.39 is 0 Å². The standard InChI is InChI=1S/C31H38N2O.C2H4O.C2H6/c1-6-26-10-9-11-28-29(26)20-25(21-30(28)34-8-3)22-33-18-16-31(7-2,17-19-33)23-32(5)27-14-12-24(4)13-15-27;1-2-3;1-2/h6-7,9-15,20-21H,1-2,8,16-19,22-23H2,3-5H3;2H,1H3;1-2H3. The Balaban J connectivity index is 0.000000998. The van der Waals surface area contributed by atoms with Crippen molar-refractivity contribution >= 4 is 28.8 Å². The summed E-state index contributed by atoms with van der Waals surface area (Å²) in [7, 11) is 2.20. The molecule has 1 aliphatic heterocycles. The van der Waals surface area contributed by atoms with Gasteiger partial charge >= 0.3 is 0 Å².